The minimum atomic E-state index is -0.329. The largest absolute Gasteiger partial charge is 0.326 e. The van der Waals surface area contributed by atoms with E-state index in [-0.39, 0.29) is 11.7 Å². The Morgan fingerprint density at radius 2 is 1.79 bits per heavy atom. The van der Waals surface area contributed by atoms with Crippen molar-refractivity contribution < 1.29 is 9.18 Å². The molecule has 150 valence electrons. The van der Waals surface area contributed by atoms with Crippen LogP contribution in [-0.4, -0.2) is 28.2 Å². The Balaban J connectivity index is 1.76. The van der Waals surface area contributed by atoms with Gasteiger partial charge in [-0.1, -0.05) is 18.2 Å². The molecule has 3 rings (SSSR count). The molecule has 0 spiro atoms. The van der Waals surface area contributed by atoms with Gasteiger partial charge in [-0.2, -0.15) is 5.10 Å². The topological polar surface area (TPSA) is 71.3 Å². The number of halogens is 1. The number of carbonyl (C=O) groups is 1. The Labute approximate surface area is 169 Å². The van der Waals surface area contributed by atoms with Crippen LogP contribution in [-0.2, 0) is 13.5 Å². The van der Waals surface area contributed by atoms with Crippen molar-refractivity contribution in [1.82, 2.24) is 15.1 Å². The lowest BCUT2D eigenvalue weighted by Gasteiger charge is -2.12. The molecule has 0 saturated carbocycles. The summed E-state index contributed by atoms with van der Waals surface area (Å²) in [5.74, 6) is -0.290. The molecule has 1 aromatic heterocycles. The molecule has 0 aliphatic carbocycles. The van der Waals surface area contributed by atoms with E-state index in [1.165, 1.54) is 12.1 Å². The maximum atomic E-state index is 13.2. The maximum absolute atomic E-state index is 13.2. The van der Waals surface area contributed by atoms with Crippen LogP contribution in [0.25, 0.3) is 0 Å². The molecular formula is C22H24FN5O. The van der Waals surface area contributed by atoms with Gasteiger partial charge in [0, 0.05) is 30.5 Å². The molecule has 0 atom stereocenters. The summed E-state index contributed by atoms with van der Waals surface area (Å²) < 4.78 is 15.0. The fraction of sp³-hybridized carbons (Fsp3) is 0.227. The summed E-state index contributed by atoms with van der Waals surface area (Å²) in [6.07, 6.45) is 0.696. The molecule has 0 aliphatic rings. The van der Waals surface area contributed by atoms with Gasteiger partial charge < -0.3 is 5.32 Å². The van der Waals surface area contributed by atoms with Crippen molar-refractivity contribution in [2.24, 2.45) is 12.0 Å². The first kappa shape index (κ1) is 20.3. The smallest absolute Gasteiger partial charge is 0.257 e. The molecule has 29 heavy (non-hydrogen) atoms. The standard InChI is InChI=1S/C22H24FN5O/c1-15-20(16(2)28(3)27-15)13-14-24-22(25-19-11-9-18(23)10-12-19)26-21(29)17-7-5-4-6-8-17/h4-12H,13-14H2,1-3H3,(H2,24,25,26,29). The first-order valence-electron chi connectivity index (χ1n) is 9.36. The van der Waals surface area contributed by atoms with Crippen LogP contribution in [0.15, 0.2) is 59.6 Å². The van der Waals surface area contributed by atoms with Crippen LogP contribution in [0, 0.1) is 19.7 Å². The fourth-order valence-electron chi connectivity index (χ4n) is 3.01. The Morgan fingerprint density at radius 3 is 2.41 bits per heavy atom. The molecule has 0 aliphatic heterocycles. The third-order valence-corrected chi connectivity index (χ3v) is 4.67. The van der Waals surface area contributed by atoms with Gasteiger partial charge in [-0.25, -0.2) is 4.39 Å². The number of hydrogen-bond donors (Lipinski definition) is 2. The minimum Gasteiger partial charge on any atom is -0.326 e. The molecule has 2 aromatic carbocycles. The van der Waals surface area contributed by atoms with E-state index in [9.17, 15) is 9.18 Å². The summed E-state index contributed by atoms with van der Waals surface area (Å²) in [6.45, 7) is 4.46. The van der Waals surface area contributed by atoms with Crippen molar-refractivity contribution in [2.45, 2.75) is 20.3 Å². The van der Waals surface area contributed by atoms with Crippen molar-refractivity contribution >= 4 is 17.6 Å². The Hall–Kier alpha value is -3.48. The molecule has 6 nitrogen and oxygen atoms in total. The monoisotopic (exact) mass is 393 g/mol. The van der Waals surface area contributed by atoms with Crippen LogP contribution in [0.5, 0.6) is 0 Å². The van der Waals surface area contributed by atoms with E-state index < -0.39 is 0 Å². The van der Waals surface area contributed by atoms with Crippen LogP contribution in [0.3, 0.4) is 0 Å². The minimum absolute atomic E-state index is 0.271. The first-order chi connectivity index (χ1) is 13.9. The number of nitrogens with one attached hydrogen (secondary N) is 2. The highest BCUT2D eigenvalue weighted by Gasteiger charge is 2.11. The Morgan fingerprint density at radius 1 is 1.10 bits per heavy atom. The third kappa shape index (κ3) is 5.28. The first-order valence-corrected chi connectivity index (χ1v) is 9.36. The number of guanidine groups is 1. The number of amides is 1. The summed E-state index contributed by atoms with van der Waals surface area (Å²) in [4.78, 5) is 17.1. The van der Waals surface area contributed by atoms with E-state index in [1.807, 2.05) is 31.6 Å². The number of carbonyl (C=O) groups excluding carboxylic acids is 1. The van der Waals surface area contributed by atoms with E-state index in [4.69, 9.17) is 0 Å². The summed E-state index contributed by atoms with van der Waals surface area (Å²) in [7, 11) is 1.91. The van der Waals surface area contributed by atoms with Gasteiger partial charge in [-0.3, -0.25) is 19.8 Å². The van der Waals surface area contributed by atoms with Crippen LogP contribution in [0.1, 0.15) is 27.3 Å². The summed E-state index contributed by atoms with van der Waals surface area (Å²) in [6, 6.07) is 14.8. The number of hydrogen-bond acceptors (Lipinski definition) is 3. The second-order valence-electron chi connectivity index (χ2n) is 6.71. The van der Waals surface area contributed by atoms with Crippen LogP contribution in [0.4, 0.5) is 10.1 Å². The molecule has 0 saturated heterocycles. The van der Waals surface area contributed by atoms with Crippen LogP contribution < -0.4 is 10.6 Å². The normalized spacial score (nSPS) is 11.4. The van der Waals surface area contributed by atoms with Gasteiger partial charge in [0.2, 0.25) is 5.96 Å². The number of nitrogens with zero attached hydrogens (tertiary/aromatic N) is 3. The highest BCUT2D eigenvalue weighted by atomic mass is 19.1. The lowest BCUT2D eigenvalue weighted by molar-refractivity contribution is 0.0977. The molecule has 0 fully saturated rings. The van der Waals surface area contributed by atoms with Crippen molar-refractivity contribution in [1.29, 1.82) is 0 Å². The second-order valence-corrected chi connectivity index (χ2v) is 6.71. The highest BCUT2D eigenvalue weighted by molar-refractivity contribution is 6.09. The van der Waals surface area contributed by atoms with E-state index in [0.717, 1.165) is 17.0 Å². The predicted molar refractivity (Wildman–Crippen MR) is 113 cm³/mol. The van der Waals surface area contributed by atoms with Gasteiger partial charge in [-0.15, -0.1) is 0 Å². The molecule has 0 bridgehead atoms. The highest BCUT2D eigenvalue weighted by Crippen LogP contribution is 2.13. The van der Waals surface area contributed by atoms with Crippen molar-refractivity contribution in [3.05, 3.63) is 82.9 Å². The van der Waals surface area contributed by atoms with E-state index in [1.54, 1.807) is 36.4 Å². The predicted octanol–water partition coefficient (Wildman–Crippen LogP) is 3.62. The van der Waals surface area contributed by atoms with E-state index in [0.29, 0.717) is 30.2 Å². The van der Waals surface area contributed by atoms with Gasteiger partial charge in [0.1, 0.15) is 5.82 Å². The lowest BCUT2D eigenvalue weighted by Crippen LogP contribution is -2.36. The molecule has 1 heterocycles. The van der Waals surface area contributed by atoms with Crippen LogP contribution >= 0.6 is 0 Å². The number of rotatable bonds is 5. The average molecular weight is 393 g/mol. The summed E-state index contributed by atoms with van der Waals surface area (Å²) in [5, 5.41) is 10.3. The average Bonchev–Trinajstić information content (AvgIpc) is 2.96. The lowest BCUT2D eigenvalue weighted by atomic mass is 10.1. The second kappa shape index (κ2) is 9.14. The van der Waals surface area contributed by atoms with E-state index >= 15 is 0 Å². The summed E-state index contributed by atoms with van der Waals surface area (Å²) in [5.41, 5.74) is 4.37. The van der Waals surface area contributed by atoms with Gasteiger partial charge in [0.15, 0.2) is 0 Å². The quantitative estimate of drug-likeness (QED) is 0.514. The van der Waals surface area contributed by atoms with Crippen molar-refractivity contribution in [3.63, 3.8) is 0 Å². The van der Waals surface area contributed by atoms with Gasteiger partial charge in [-0.05, 0) is 62.2 Å². The maximum Gasteiger partial charge on any atom is 0.257 e. The van der Waals surface area contributed by atoms with Gasteiger partial charge in [0.25, 0.3) is 5.91 Å². The summed E-state index contributed by atoms with van der Waals surface area (Å²) >= 11 is 0. The zero-order chi connectivity index (χ0) is 20.8. The number of aryl methyl sites for hydroxylation is 2. The molecular weight excluding hydrogens is 369 g/mol. The molecule has 1 amide bonds. The molecule has 7 heteroatoms. The van der Waals surface area contributed by atoms with Crippen molar-refractivity contribution in [2.75, 3.05) is 11.9 Å². The van der Waals surface area contributed by atoms with Gasteiger partial charge in [0.05, 0.1) is 5.69 Å². The Kier molecular flexibility index (Phi) is 6.39. The molecule has 0 radical (unpaired) electrons. The number of aromatic nitrogens is 2. The Bertz CT molecular complexity index is 1010. The third-order valence-electron chi connectivity index (χ3n) is 4.67. The van der Waals surface area contributed by atoms with Gasteiger partial charge >= 0.3 is 0 Å². The molecule has 0 unspecified atom stereocenters. The number of benzene rings is 2. The van der Waals surface area contributed by atoms with Crippen molar-refractivity contribution in [3.8, 4) is 0 Å². The van der Waals surface area contributed by atoms with E-state index in [2.05, 4.69) is 20.7 Å². The fourth-order valence-corrected chi connectivity index (χ4v) is 3.01. The number of anilines is 1. The zero-order valence-electron chi connectivity index (χ0n) is 16.7. The molecule has 3 aromatic rings. The number of aliphatic imine (C=N–C) groups is 1. The SMILES string of the molecule is Cc1nn(C)c(C)c1CCN=C(NC(=O)c1ccccc1)Nc1ccc(F)cc1. The molecule has 2 N–H and O–H groups in total. The van der Waals surface area contributed by atoms with Crippen LogP contribution in [0.2, 0.25) is 0 Å². The zero-order valence-corrected chi connectivity index (χ0v) is 16.7.